The van der Waals surface area contributed by atoms with E-state index >= 15 is 0 Å². The second-order valence-electron chi connectivity index (χ2n) is 5.89. The number of hydrogen-bond donors (Lipinski definition) is 2. The van der Waals surface area contributed by atoms with Crippen LogP contribution < -0.4 is 16.2 Å². The van der Waals surface area contributed by atoms with Crippen LogP contribution in [0.1, 0.15) is 43.9 Å². The molecule has 6 heteroatoms. The number of nitrogen functional groups attached to an aromatic ring is 2. The quantitative estimate of drug-likeness (QED) is 0.846. The van der Waals surface area contributed by atoms with E-state index in [1.807, 2.05) is 6.07 Å². The van der Waals surface area contributed by atoms with Gasteiger partial charge in [-0.1, -0.05) is 19.8 Å². The van der Waals surface area contributed by atoms with Crippen LogP contribution in [0.15, 0.2) is 18.5 Å². The van der Waals surface area contributed by atoms with Gasteiger partial charge in [0.2, 0.25) is 5.95 Å². The van der Waals surface area contributed by atoms with E-state index in [1.165, 1.54) is 19.0 Å². The van der Waals surface area contributed by atoms with E-state index in [2.05, 4.69) is 40.6 Å². The van der Waals surface area contributed by atoms with Crippen molar-refractivity contribution in [2.24, 2.45) is 5.92 Å². The van der Waals surface area contributed by atoms with Crippen molar-refractivity contribution in [3.05, 3.63) is 29.7 Å². The molecule has 4 N–H and O–H groups in total. The van der Waals surface area contributed by atoms with Crippen molar-refractivity contribution in [3.63, 3.8) is 0 Å². The summed E-state index contributed by atoms with van der Waals surface area (Å²) in [7, 11) is 0. The third-order valence-corrected chi connectivity index (χ3v) is 3.52. The molecule has 6 nitrogen and oxygen atoms in total. The van der Waals surface area contributed by atoms with Crippen molar-refractivity contribution < 1.29 is 4.74 Å². The maximum absolute atomic E-state index is 5.91. The fraction of sp³-hybridized carbons (Fsp3) is 0.353. The van der Waals surface area contributed by atoms with Crippen molar-refractivity contribution in [2.45, 2.75) is 32.6 Å². The molecule has 2 aromatic rings. The lowest BCUT2D eigenvalue weighted by Crippen LogP contribution is -2.03. The van der Waals surface area contributed by atoms with Crippen LogP contribution in [-0.4, -0.2) is 15.0 Å². The van der Waals surface area contributed by atoms with Crippen LogP contribution >= 0.6 is 0 Å². The minimum Gasteiger partial charge on any atom is -0.451 e. The molecule has 0 amide bonds. The first-order valence-electron chi connectivity index (χ1n) is 7.60. The summed E-state index contributed by atoms with van der Waals surface area (Å²) in [4.78, 5) is 12.2. The highest BCUT2D eigenvalue weighted by Gasteiger charge is 2.18. The smallest absolute Gasteiger partial charge is 0.222 e. The van der Waals surface area contributed by atoms with Gasteiger partial charge in [-0.15, -0.1) is 0 Å². The molecule has 2 heterocycles. The van der Waals surface area contributed by atoms with Crippen LogP contribution in [0.5, 0.6) is 11.5 Å². The molecule has 0 bridgehead atoms. The Bertz CT molecular complexity index is 787. The van der Waals surface area contributed by atoms with Crippen molar-refractivity contribution >= 4 is 11.8 Å². The van der Waals surface area contributed by atoms with Gasteiger partial charge in [0.25, 0.3) is 0 Å². The number of anilines is 2. The van der Waals surface area contributed by atoms with Crippen molar-refractivity contribution in [1.29, 1.82) is 0 Å². The maximum atomic E-state index is 5.91. The van der Waals surface area contributed by atoms with Gasteiger partial charge in [-0.2, -0.15) is 4.98 Å². The summed E-state index contributed by atoms with van der Waals surface area (Å²) < 4.78 is 5.91. The predicted octanol–water partition coefficient (Wildman–Crippen LogP) is 2.71. The Kier molecular flexibility index (Phi) is 4.02. The topological polar surface area (TPSA) is 99.9 Å². The highest BCUT2D eigenvalue weighted by molar-refractivity contribution is 5.51. The summed E-state index contributed by atoms with van der Waals surface area (Å²) >= 11 is 0. The number of pyridine rings is 1. The molecular formula is C17H19N5O. The first-order chi connectivity index (χ1) is 11.0. The fourth-order valence-corrected chi connectivity index (χ4v) is 2.04. The molecular weight excluding hydrogens is 290 g/mol. The largest absolute Gasteiger partial charge is 0.451 e. The zero-order valence-corrected chi connectivity index (χ0v) is 13.2. The number of aromatic nitrogens is 3. The Morgan fingerprint density at radius 1 is 1.17 bits per heavy atom. The van der Waals surface area contributed by atoms with Crippen LogP contribution in [-0.2, 0) is 0 Å². The normalized spacial score (nSPS) is 13.5. The van der Waals surface area contributed by atoms with Crippen molar-refractivity contribution in [3.8, 4) is 23.3 Å². The van der Waals surface area contributed by atoms with E-state index < -0.39 is 0 Å². The molecule has 0 spiro atoms. The average molecular weight is 309 g/mol. The van der Waals surface area contributed by atoms with Gasteiger partial charge in [0.1, 0.15) is 11.4 Å². The first kappa shape index (κ1) is 15.1. The molecule has 0 unspecified atom stereocenters. The van der Waals surface area contributed by atoms with Crippen LogP contribution in [0, 0.1) is 17.8 Å². The van der Waals surface area contributed by atoms with Crippen molar-refractivity contribution in [2.75, 3.05) is 11.5 Å². The minimum atomic E-state index is 0.115. The molecule has 1 aliphatic rings. The summed E-state index contributed by atoms with van der Waals surface area (Å²) in [5.74, 6) is 8.42. The van der Waals surface area contributed by atoms with E-state index in [4.69, 9.17) is 16.2 Å². The molecule has 23 heavy (non-hydrogen) atoms. The standard InChI is InChI=1S/C17H19N5O/c1-10(2)13-8-20-12(6-5-11-3-4-11)7-14(13)23-15-9-21-17(19)22-16(15)18/h7-11H,3-4H2,1-2H3,(H4,18,19,21,22). The lowest BCUT2D eigenvalue weighted by molar-refractivity contribution is 0.470. The van der Waals surface area contributed by atoms with E-state index in [0.717, 1.165) is 5.56 Å². The predicted molar refractivity (Wildman–Crippen MR) is 88.9 cm³/mol. The lowest BCUT2D eigenvalue weighted by Gasteiger charge is -2.14. The zero-order chi connectivity index (χ0) is 16.4. The lowest BCUT2D eigenvalue weighted by atomic mass is 10.0. The third kappa shape index (κ3) is 3.69. The molecule has 0 atom stereocenters. The first-order valence-corrected chi connectivity index (χ1v) is 7.60. The van der Waals surface area contributed by atoms with Gasteiger partial charge in [0, 0.05) is 23.7 Å². The molecule has 118 valence electrons. The molecule has 0 saturated heterocycles. The Morgan fingerprint density at radius 2 is 1.96 bits per heavy atom. The van der Waals surface area contributed by atoms with Gasteiger partial charge in [0.05, 0.1) is 6.20 Å². The van der Waals surface area contributed by atoms with E-state index in [-0.39, 0.29) is 17.7 Å². The summed E-state index contributed by atoms with van der Waals surface area (Å²) in [6, 6.07) is 1.83. The minimum absolute atomic E-state index is 0.115. The SMILES string of the molecule is CC(C)c1cnc(C#CC2CC2)cc1Oc1cnc(N)nc1N. The van der Waals surface area contributed by atoms with Crippen molar-refractivity contribution in [1.82, 2.24) is 15.0 Å². The van der Waals surface area contributed by atoms with Gasteiger partial charge in [-0.05, 0) is 24.7 Å². The van der Waals surface area contributed by atoms with Gasteiger partial charge in [-0.3, -0.25) is 0 Å². The van der Waals surface area contributed by atoms with E-state index in [0.29, 0.717) is 23.1 Å². The molecule has 2 aromatic heterocycles. The number of hydrogen-bond acceptors (Lipinski definition) is 6. The molecule has 0 aromatic carbocycles. The number of rotatable bonds is 3. The van der Waals surface area contributed by atoms with E-state index in [1.54, 1.807) is 6.20 Å². The highest BCUT2D eigenvalue weighted by atomic mass is 16.5. The molecule has 0 radical (unpaired) electrons. The van der Waals surface area contributed by atoms with Gasteiger partial charge < -0.3 is 16.2 Å². The number of nitrogens with two attached hydrogens (primary N) is 2. The van der Waals surface area contributed by atoms with Crippen LogP contribution in [0.3, 0.4) is 0 Å². The Hall–Kier alpha value is -2.81. The number of ether oxygens (including phenoxy) is 1. The van der Waals surface area contributed by atoms with Crippen LogP contribution in [0.2, 0.25) is 0 Å². The maximum Gasteiger partial charge on any atom is 0.222 e. The van der Waals surface area contributed by atoms with Crippen LogP contribution in [0.25, 0.3) is 0 Å². The number of nitrogens with zero attached hydrogens (tertiary/aromatic N) is 3. The average Bonchev–Trinajstić information content (AvgIpc) is 3.32. The van der Waals surface area contributed by atoms with Crippen LogP contribution in [0.4, 0.5) is 11.8 Å². The molecule has 3 rings (SSSR count). The Labute approximate surface area is 135 Å². The Balaban J connectivity index is 1.94. The summed E-state index contributed by atoms with van der Waals surface area (Å²) in [6.07, 6.45) is 5.63. The fourth-order valence-electron chi connectivity index (χ4n) is 2.04. The monoisotopic (exact) mass is 309 g/mol. The second kappa shape index (κ2) is 6.13. The highest BCUT2D eigenvalue weighted by Crippen LogP contribution is 2.32. The zero-order valence-electron chi connectivity index (χ0n) is 13.2. The molecule has 1 saturated carbocycles. The summed E-state index contributed by atoms with van der Waals surface area (Å²) in [5, 5.41) is 0. The molecule has 0 aliphatic heterocycles. The summed E-state index contributed by atoms with van der Waals surface area (Å²) in [5.41, 5.74) is 13.0. The van der Waals surface area contributed by atoms with E-state index in [9.17, 15) is 0 Å². The molecule has 1 aliphatic carbocycles. The summed E-state index contributed by atoms with van der Waals surface area (Å²) in [6.45, 7) is 4.14. The third-order valence-electron chi connectivity index (χ3n) is 3.52. The van der Waals surface area contributed by atoms with Gasteiger partial charge >= 0.3 is 0 Å². The second-order valence-corrected chi connectivity index (χ2v) is 5.89. The molecule has 1 fully saturated rings. The van der Waals surface area contributed by atoms with Gasteiger partial charge in [0.15, 0.2) is 11.6 Å². The Morgan fingerprint density at radius 3 is 2.61 bits per heavy atom. The van der Waals surface area contributed by atoms with Gasteiger partial charge in [-0.25, -0.2) is 9.97 Å².